The fourth-order valence-electron chi connectivity index (χ4n) is 4.12. The van der Waals surface area contributed by atoms with Crippen LogP contribution in [0.1, 0.15) is 0 Å². The second-order valence-electron chi connectivity index (χ2n) is 9.01. The molecule has 0 bridgehead atoms. The van der Waals surface area contributed by atoms with Crippen LogP contribution in [0.15, 0.2) is 120 Å². The normalized spacial score (nSPS) is 13.0. The number of fused-ring (bicyclic) bond motifs is 2. The van der Waals surface area contributed by atoms with E-state index < -0.39 is 35.2 Å². The zero-order valence-corrected chi connectivity index (χ0v) is 23.9. The van der Waals surface area contributed by atoms with E-state index in [-0.39, 0.29) is 37.9 Å². The Kier molecular flexibility index (Phi) is 7.55. The first-order chi connectivity index (χ1) is 20.1. The van der Waals surface area contributed by atoms with Gasteiger partial charge in [-0.1, -0.05) is 12.1 Å². The van der Waals surface area contributed by atoms with Crippen molar-refractivity contribution in [2.75, 3.05) is 5.73 Å². The lowest BCUT2D eigenvalue weighted by Crippen LogP contribution is -1.98. The number of hydrogen-bond donors (Lipinski definition) is 4. The molecule has 0 fully saturated rings. The summed E-state index contributed by atoms with van der Waals surface area (Å²) in [7, 11) is -13.5. The van der Waals surface area contributed by atoms with E-state index >= 15 is 0 Å². The molecule has 5 N–H and O–H groups in total. The highest BCUT2D eigenvalue weighted by molar-refractivity contribution is 7.86. The number of hydrogen-bond acceptors (Lipinski definition) is 11. The molecule has 0 radical (unpaired) electrons. The van der Waals surface area contributed by atoms with Crippen molar-refractivity contribution in [1.29, 1.82) is 0 Å². The first kappa shape index (κ1) is 29.8. The van der Waals surface area contributed by atoms with E-state index in [0.29, 0.717) is 21.8 Å². The molecule has 0 saturated carbocycles. The summed E-state index contributed by atoms with van der Waals surface area (Å²) >= 11 is 0. The van der Waals surface area contributed by atoms with Gasteiger partial charge < -0.3 is 5.73 Å². The molecule has 0 aromatic heterocycles. The van der Waals surface area contributed by atoms with Gasteiger partial charge in [-0.05, 0) is 72.8 Å². The first-order valence-corrected chi connectivity index (χ1v) is 16.2. The van der Waals surface area contributed by atoms with Crippen molar-refractivity contribution in [2.45, 2.75) is 14.7 Å². The lowest BCUT2D eigenvalue weighted by molar-refractivity contribution is 0.481. The standard InChI is InChI=1S/C26H19N5O9S3/c27-23-9-10-25(21-13-17(42(35,36)37)5-7-19(21)23)31-30-24-11-12-26(22-14-18(43(38,39)40)6-8-20(22)24)29-28-15-1-3-16(4-2-15)41(32,33)34/h1-14H,27H2,(H,32,33,34)(H,35,36,37)(H,38,39,40). The second-order valence-corrected chi connectivity index (χ2v) is 13.3. The van der Waals surface area contributed by atoms with Crippen molar-refractivity contribution in [3.8, 4) is 0 Å². The molecule has 0 atom stereocenters. The summed E-state index contributed by atoms with van der Waals surface area (Å²) in [5.74, 6) is 0. The van der Waals surface area contributed by atoms with Crippen LogP contribution in [0.2, 0.25) is 0 Å². The van der Waals surface area contributed by atoms with Crippen LogP contribution in [0.25, 0.3) is 21.5 Å². The van der Waals surface area contributed by atoms with E-state index in [1.54, 1.807) is 6.07 Å². The lowest BCUT2D eigenvalue weighted by atomic mass is 10.1. The predicted octanol–water partition coefficient (Wildman–Crippen LogP) is 6.15. The molecule has 0 amide bonds. The molecule has 0 aliphatic heterocycles. The predicted molar refractivity (Wildman–Crippen MR) is 157 cm³/mol. The average molecular weight is 642 g/mol. The third-order valence-corrected chi connectivity index (χ3v) is 8.78. The third kappa shape index (κ3) is 6.41. The largest absolute Gasteiger partial charge is 0.398 e. The van der Waals surface area contributed by atoms with Crippen LogP contribution >= 0.6 is 0 Å². The molecule has 220 valence electrons. The highest BCUT2D eigenvalue weighted by Crippen LogP contribution is 2.38. The minimum absolute atomic E-state index is 0.161. The number of nitrogens with zero attached hydrogens (tertiary/aromatic N) is 4. The summed E-state index contributed by atoms with van der Waals surface area (Å²) in [6, 6.07) is 18.4. The zero-order valence-electron chi connectivity index (χ0n) is 21.5. The summed E-state index contributed by atoms with van der Waals surface area (Å²) < 4.78 is 97.8. The van der Waals surface area contributed by atoms with Gasteiger partial charge in [-0.2, -0.15) is 30.4 Å². The van der Waals surface area contributed by atoms with Crippen molar-refractivity contribution in [3.05, 3.63) is 84.9 Å². The van der Waals surface area contributed by atoms with Crippen LogP contribution in [0, 0.1) is 0 Å². The van der Waals surface area contributed by atoms with E-state index in [9.17, 15) is 34.4 Å². The van der Waals surface area contributed by atoms with Gasteiger partial charge in [0.15, 0.2) is 0 Å². The summed E-state index contributed by atoms with van der Waals surface area (Å²) in [5, 5.41) is 18.0. The molecule has 5 aromatic rings. The first-order valence-electron chi connectivity index (χ1n) is 11.9. The zero-order chi connectivity index (χ0) is 31.2. The monoisotopic (exact) mass is 641 g/mol. The molecule has 0 heterocycles. The van der Waals surface area contributed by atoms with Crippen LogP contribution in [0.5, 0.6) is 0 Å². The van der Waals surface area contributed by atoms with Crippen LogP contribution in [0.4, 0.5) is 28.4 Å². The Morgan fingerprint density at radius 3 is 1.35 bits per heavy atom. The SMILES string of the molecule is Nc1ccc(N=Nc2ccc(N=Nc3ccc(S(=O)(=O)O)cc3)c3cc(S(=O)(=O)O)ccc23)c2cc(S(=O)(=O)O)ccc12. The van der Waals surface area contributed by atoms with Crippen molar-refractivity contribution >= 4 is 80.3 Å². The van der Waals surface area contributed by atoms with Gasteiger partial charge in [-0.15, -0.1) is 15.3 Å². The maximum atomic E-state index is 11.8. The van der Waals surface area contributed by atoms with Gasteiger partial charge in [-0.25, -0.2) is 0 Å². The van der Waals surface area contributed by atoms with Gasteiger partial charge in [0, 0.05) is 27.2 Å². The minimum atomic E-state index is -4.60. The van der Waals surface area contributed by atoms with E-state index in [0.717, 1.165) is 24.3 Å². The number of nitrogens with two attached hydrogens (primary N) is 1. The molecule has 0 aliphatic carbocycles. The summed E-state index contributed by atoms with van der Waals surface area (Å²) in [5.41, 5.74) is 7.19. The average Bonchev–Trinajstić information content (AvgIpc) is 2.94. The summed E-state index contributed by atoms with van der Waals surface area (Å²) in [6.45, 7) is 0. The van der Waals surface area contributed by atoms with Crippen molar-refractivity contribution in [3.63, 3.8) is 0 Å². The lowest BCUT2D eigenvalue weighted by Gasteiger charge is -2.08. The Hall–Kier alpha value is -4.65. The topological polar surface area (TPSA) is 239 Å². The van der Waals surface area contributed by atoms with Crippen molar-refractivity contribution in [1.82, 2.24) is 0 Å². The van der Waals surface area contributed by atoms with Crippen LogP contribution in [-0.4, -0.2) is 38.9 Å². The molecule has 0 saturated heterocycles. The van der Waals surface area contributed by atoms with Gasteiger partial charge in [-0.3, -0.25) is 13.7 Å². The van der Waals surface area contributed by atoms with Crippen molar-refractivity contribution in [2.24, 2.45) is 20.5 Å². The molecule has 17 heteroatoms. The van der Waals surface area contributed by atoms with Crippen LogP contribution in [0.3, 0.4) is 0 Å². The fourth-order valence-corrected chi connectivity index (χ4v) is 5.61. The summed E-state index contributed by atoms with van der Waals surface area (Å²) in [4.78, 5) is -1.13. The van der Waals surface area contributed by atoms with Crippen molar-refractivity contribution < 1.29 is 38.9 Å². The van der Waals surface area contributed by atoms with Gasteiger partial charge in [0.2, 0.25) is 0 Å². The number of anilines is 1. The molecule has 43 heavy (non-hydrogen) atoms. The third-order valence-electron chi connectivity index (χ3n) is 6.21. The second kappa shape index (κ2) is 10.9. The smallest absolute Gasteiger partial charge is 0.294 e. The molecular formula is C26H19N5O9S3. The highest BCUT2D eigenvalue weighted by atomic mass is 32.2. The van der Waals surface area contributed by atoms with E-state index in [1.165, 1.54) is 54.6 Å². The van der Waals surface area contributed by atoms with Gasteiger partial charge in [0.05, 0.1) is 37.4 Å². The molecule has 0 spiro atoms. The van der Waals surface area contributed by atoms with Gasteiger partial charge in [0.25, 0.3) is 30.4 Å². The number of rotatable bonds is 7. The molecule has 5 rings (SSSR count). The van der Waals surface area contributed by atoms with Gasteiger partial charge in [0.1, 0.15) is 0 Å². The number of azo groups is 2. The maximum absolute atomic E-state index is 11.8. The number of nitrogen functional groups attached to an aromatic ring is 1. The van der Waals surface area contributed by atoms with Crippen LogP contribution < -0.4 is 5.73 Å². The van der Waals surface area contributed by atoms with Gasteiger partial charge >= 0.3 is 0 Å². The number of benzene rings is 5. The van der Waals surface area contributed by atoms with E-state index in [4.69, 9.17) is 10.3 Å². The molecular weight excluding hydrogens is 623 g/mol. The Morgan fingerprint density at radius 1 is 0.442 bits per heavy atom. The fraction of sp³-hybridized carbons (Fsp3) is 0. The van der Waals surface area contributed by atoms with Crippen LogP contribution in [-0.2, 0) is 30.4 Å². The molecule has 0 unspecified atom stereocenters. The Balaban J connectivity index is 1.61. The maximum Gasteiger partial charge on any atom is 0.294 e. The molecule has 5 aromatic carbocycles. The quantitative estimate of drug-likeness (QED) is 0.0898. The minimum Gasteiger partial charge on any atom is -0.398 e. The van der Waals surface area contributed by atoms with E-state index in [2.05, 4.69) is 20.5 Å². The molecule has 0 aliphatic rings. The Bertz CT molecular complexity index is 2320. The molecule has 14 nitrogen and oxygen atoms in total. The highest BCUT2D eigenvalue weighted by Gasteiger charge is 2.16. The summed E-state index contributed by atoms with van der Waals surface area (Å²) in [6.07, 6.45) is 0. The Morgan fingerprint density at radius 2 is 0.837 bits per heavy atom. The van der Waals surface area contributed by atoms with E-state index in [1.807, 2.05) is 0 Å². The Labute approximate surface area is 244 Å².